The van der Waals surface area contributed by atoms with Gasteiger partial charge in [-0.05, 0) is 44.0 Å². The molecule has 1 atom stereocenters. The number of thioether (sulfide) groups is 1. The Labute approximate surface area is 159 Å². The van der Waals surface area contributed by atoms with Gasteiger partial charge in [-0.15, -0.1) is 11.8 Å². The van der Waals surface area contributed by atoms with Crippen molar-refractivity contribution in [1.82, 2.24) is 10.2 Å². The van der Waals surface area contributed by atoms with Gasteiger partial charge in [0.15, 0.2) is 0 Å². The van der Waals surface area contributed by atoms with Crippen molar-refractivity contribution in [2.75, 3.05) is 11.6 Å². The summed E-state index contributed by atoms with van der Waals surface area (Å²) in [4.78, 5) is 27.1. The average Bonchev–Trinajstić information content (AvgIpc) is 3.10. The van der Waals surface area contributed by atoms with Crippen molar-refractivity contribution in [2.45, 2.75) is 32.4 Å². The van der Waals surface area contributed by atoms with E-state index in [4.69, 9.17) is 0 Å². The lowest BCUT2D eigenvalue weighted by Gasteiger charge is -2.27. The fraction of sp³-hybridized carbons (Fsp3) is 0.333. The lowest BCUT2D eigenvalue weighted by atomic mass is 10.0. The van der Waals surface area contributed by atoms with E-state index >= 15 is 0 Å². The first kappa shape index (κ1) is 18.5. The van der Waals surface area contributed by atoms with E-state index < -0.39 is 6.04 Å². The summed E-state index contributed by atoms with van der Waals surface area (Å²) < 4.78 is 0. The lowest BCUT2D eigenvalue weighted by molar-refractivity contribution is -0.125. The second-order valence-corrected chi connectivity index (χ2v) is 8.47. The molecule has 4 nitrogen and oxygen atoms in total. The largest absolute Gasteiger partial charge is 0.350 e. The standard InChI is InChI=1S/C21H24N2O2S/c1-21(2,3)22-19(24)18-13-26-14-23(18)20(25)17-11-9-16(10-12-17)15-7-5-4-6-8-15/h4-12,18H,13-14H2,1-3H3,(H,22,24). The molecule has 1 aliphatic heterocycles. The molecule has 0 aromatic heterocycles. The van der Waals surface area contributed by atoms with Crippen LogP contribution in [0.4, 0.5) is 0 Å². The Balaban J connectivity index is 1.75. The Morgan fingerprint density at radius 2 is 1.62 bits per heavy atom. The molecule has 0 aliphatic carbocycles. The molecule has 1 aliphatic rings. The van der Waals surface area contributed by atoms with Gasteiger partial charge in [0.25, 0.3) is 5.91 Å². The van der Waals surface area contributed by atoms with Crippen LogP contribution in [-0.2, 0) is 4.79 Å². The van der Waals surface area contributed by atoms with Gasteiger partial charge in [0.1, 0.15) is 6.04 Å². The van der Waals surface area contributed by atoms with Crippen LogP contribution in [0.1, 0.15) is 31.1 Å². The minimum Gasteiger partial charge on any atom is -0.350 e. The van der Waals surface area contributed by atoms with Crippen LogP contribution in [0.15, 0.2) is 54.6 Å². The maximum atomic E-state index is 12.9. The molecule has 1 unspecified atom stereocenters. The zero-order chi connectivity index (χ0) is 18.7. The van der Waals surface area contributed by atoms with Crippen molar-refractivity contribution < 1.29 is 9.59 Å². The number of nitrogens with one attached hydrogen (secondary N) is 1. The van der Waals surface area contributed by atoms with Gasteiger partial charge in [0.2, 0.25) is 5.91 Å². The number of hydrogen-bond acceptors (Lipinski definition) is 3. The Morgan fingerprint density at radius 3 is 2.23 bits per heavy atom. The molecule has 3 rings (SSSR count). The first-order valence-corrected chi connectivity index (χ1v) is 9.87. The fourth-order valence-electron chi connectivity index (χ4n) is 2.91. The highest BCUT2D eigenvalue weighted by molar-refractivity contribution is 7.99. The molecule has 2 aromatic carbocycles. The molecule has 5 heteroatoms. The van der Waals surface area contributed by atoms with E-state index in [-0.39, 0.29) is 17.4 Å². The third kappa shape index (κ3) is 4.28. The zero-order valence-electron chi connectivity index (χ0n) is 15.4. The number of rotatable bonds is 3. The molecule has 1 N–H and O–H groups in total. The van der Waals surface area contributed by atoms with Crippen molar-refractivity contribution in [3.05, 3.63) is 60.2 Å². The maximum absolute atomic E-state index is 12.9. The molecular formula is C21H24N2O2S. The molecule has 2 amide bonds. The van der Waals surface area contributed by atoms with Crippen LogP contribution < -0.4 is 5.32 Å². The summed E-state index contributed by atoms with van der Waals surface area (Å²) in [6.45, 7) is 5.84. The first-order chi connectivity index (χ1) is 12.3. The van der Waals surface area contributed by atoms with Crippen LogP contribution in [0.3, 0.4) is 0 Å². The highest BCUT2D eigenvalue weighted by atomic mass is 32.2. The van der Waals surface area contributed by atoms with Crippen LogP contribution in [0, 0.1) is 0 Å². The van der Waals surface area contributed by atoms with Gasteiger partial charge in [-0.25, -0.2) is 0 Å². The second-order valence-electron chi connectivity index (χ2n) is 7.47. The third-order valence-electron chi connectivity index (χ3n) is 4.18. The number of benzene rings is 2. The van der Waals surface area contributed by atoms with Crippen molar-refractivity contribution in [2.24, 2.45) is 0 Å². The summed E-state index contributed by atoms with van der Waals surface area (Å²) in [7, 11) is 0. The molecule has 1 saturated heterocycles. The highest BCUT2D eigenvalue weighted by Gasteiger charge is 2.36. The number of carbonyl (C=O) groups excluding carboxylic acids is 2. The summed E-state index contributed by atoms with van der Waals surface area (Å²) in [6, 6.07) is 17.2. The molecule has 1 fully saturated rings. The van der Waals surface area contributed by atoms with E-state index in [0.29, 0.717) is 17.2 Å². The van der Waals surface area contributed by atoms with E-state index in [0.717, 1.165) is 11.1 Å². The zero-order valence-corrected chi connectivity index (χ0v) is 16.2. The van der Waals surface area contributed by atoms with E-state index in [1.807, 2.05) is 75.4 Å². The number of amides is 2. The maximum Gasteiger partial charge on any atom is 0.255 e. The van der Waals surface area contributed by atoms with Crippen LogP contribution >= 0.6 is 11.8 Å². The molecule has 0 saturated carbocycles. The highest BCUT2D eigenvalue weighted by Crippen LogP contribution is 2.25. The van der Waals surface area contributed by atoms with Crippen LogP contribution in [0.2, 0.25) is 0 Å². The number of nitrogens with zero attached hydrogens (tertiary/aromatic N) is 1. The fourth-order valence-corrected chi connectivity index (χ4v) is 4.07. The minimum absolute atomic E-state index is 0.0863. The Kier molecular flexibility index (Phi) is 5.37. The van der Waals surface area contributed by atoms with Gasteiger partial charge in [-0.3, -0.25) is 9.59 Å². The SMILES string of the molecule is CC(C)(C)NC(=O)C1CSCN1C(=O)c1ccc(-c2ccccc2)cc1. The monoisotopic (exact) mass is 368 g/mol. The van der Waals surface area contributed by atoms with Gasteiger partial charge in [-0.2, -0.15) is 0 Å². The molecule has 26 heavy (non-hydrogen) atoms. The third-order valence-corrected chi connectivity index (χ3v) is 5.20. The quantitative estimate of drug-likeness (QED) is 0.897. The summed E-state index contributed by atoms with van der Waals surface area (Å²) in [5, 5.41) is 2.98. The molecule has 2 aromatic rings. The van der Waals surface area contributed by atoms with Crippen molar-refractivity contribution >= 4 is 23.6 Å². The van der Waals surface area contributed by atoms with Crippen LogP contribution in [0.5, 0.6) is 0 Å². The van der Waals surface area contributed by atoms with E-state index in [9.17, 15) is 9.59 Å². The molecule has 136 valence electrons. The summed E-state index contributed by atoms with van der Waals surface area (Å²) in [5.41, 5.74) is 2.49. The molecule has 0 radical (unpaired) electrons. The summed E-state index contributed by atoms with van der Waals surface area (Å²) in [5.74, 6) is 0.998. The Morgan fingerprint density at radius 1 is 1.00 bits per heavy atom. The van der Waals surface area contributed by atoms with Crippen molar-refractivity contribution in [3.63, 3.8) is 0 Å². The van der Waals surface area contributed by atoms with Gasteiger partial charge in [0, 0.05) is 16.9 Å². The first-order valence-electron chi connectivity index (χ1n) is 8.71. The Hall–Kier alpha value is -2.27. The summed E-state index contributed by atoms with van der Waals surface area (Å²) in [6.07, 6.45) is 0. The van der Waals surface area contributed by atoms with Gasteiger partial charge in [-0.1, -0.05) is 42.5 Å². The minimum atomic E-state index is -0.416. The Bertz CT molecular complexity index is 782. The lowest BCUT2D eigenvalue weighted by Crippen LogP contribution is -2.52. The topological polar surface area (TPSA) is 49.4 Å². The van der Waals surface area contributed by atoms with E-state index in [2.05, 4.69) is 5.32 Å². The van der Waals surface area contributed by atoms with Crippen LogP contribution in [0.25, 0.3) is 11.1 Å². The smallest absolute Gasteiger partial charge is 0.255 e. The normalized spacial score (nSPS) is 17.2. The average molecular weight is 369 g/mol. The van der Waals surface area contributed by atoms with Gasteiger partial charge >= 0.3 is 0 Å². The molecular weight excluding hydrogens is 344 g/mol. The number of carbonyl (C=O) groups is 2. The van der Waals surface area contributed by atoms with Crippen LogP contribution in [-0.4, -0.2) is 39.9 Å². The molecule has 1 heterocycles. The predicted octanol–water partition coefficient (Wildman–Crippen LogP) is 3.78. The number of hydrogen-bond donors (Lipinski definition) is 1. The van der Waals surface area contributed by atoms with E-state index in [1.165, 1.54) is 0 Å². The van der Waals surface area contributed by atoms with Gasteiger partial charge < -0.3 is 10.2 Å². The second kappa shape index (κ2) is 7.54. The molecule has 0 bridgehead atoms. The summed E-state index contributed by atoms with van der Waals surface area (Å²) >= 11 is 1.61. The predicted molar refractivity (Wildman–Crippen MR) is 107 cm³/mol. The van der Waals surface area contributed by atoms with E-state index in [1.54, 1.807) is 16.7 Å². The molecule has 0 spiro atoms. The van der Waals surface area contributed by atoms with Crippen molar-refractivity contribution in [3.8, 4) is 11.1 Å². The van der Waals surface area contributed by atoms with Crippen molar-refractivity contribution in [1.29, 1.82) is 0 Å². The van der Waals surface area contributed by atoms with Gasteiger partial charge in [0.05, 0.1) is 5.88 Å².